The molecule has 2 nitrogen and oxygen atoms in total. The molecule has 2 N–H and O–H groups in total. The molecule has 0 aromatic heterocycles. The van der Waals surface area contributed by atoms with Gasteiger partial charge in [0.05, 0.1) is 0 Å². The minimum Gasteiger partial charge on any atom is -0.314 e. The molecule has 0 amide bonds. The van der Waals surface area contributed by atoms with Crippen molar-refractivity contribution in [2.24, 2.45) is 11.8 Å². The van der Waals surface area contributed by atoms with E-state index in [9.17, 15) is 0 Å². The van der Waals surface area contributed by atoms with Crippen molar-refractivity contribution in [1.29, 1.82) is 0 Å². The molecule has 3 aliphatic rings. The lowest BCUT2D eigenvalue weighted by atomic mass is 9.86. The van der Waals surface area contributed by atoms with Gasteiger partial charge in [-0.2, -0.15) is 0 Å². The SMILES string of the molecule is C1CC1CNC1CC2CNC(C2)C1. The fourth-order valence-corrected chi connectivity index (χ4v) is 2.93. The first-order valence-electron chi connectivity index (χ1n) is 5.87. The van der Waals surface area contributed by atoms with Crippen molar-refractivity contribution in [3.05, 3.63) is 0 Å². The van der Waals surface area contributed by atoms with Crippen molar-refractivity contribution in [2.45, 2.75) is 44.2 Å². The number of rotatable bonds is 3. The Morgan fingerprint density at radius 2 is 2.08 bits per heavy atom. The average Bonchev–Trinajstić information content (AvgIpc) is 2.90. The predicted molar refractivity (Wildman–Crippen MR) is 53.6 cm³/mol. The van der Waals surface area contributed by atoms with Crippen molar-refractivity contribution in [3.63, 3.8) is 0 Å². The van der Waals surface area contributed by atoms with Crippen LogP contribution in [-0.4, -0.2) is 25.2 Å². The molecule has 0 aromatic carbocycles. The Bertz CT molecular complexity index is 177. The topological polar surface area (TPSA) is 24.1 Å². The van der Waals surface area contributed by atoms with Crippen LogP contribution in [0.4, 0.5) is 0 Å². The van der Waals surface area contributed by atoms with Gasteiger partial charge in [0.2, 0.25) is 0 Å². The lowest BCUT2D eigenvalue weighted by Crippen LogP contribution is -2.38. The Balaban J connectivity index is 1.48. The van der Waals surface area contributed by atoms with Gasteiger partial charge in [-0.3, -0.25) is 0 Å². The first kappa shape index (κ1) is 8.25. The molecule has 0 aromatic rings. The maximum absolute atomic E-state index is 3.74. The van der Waals surface area contributed by atoms with Crippen LogP contribution in [0.1, 0.15) is 32.1 Å². The summed E-state index contributed by atoms with van der Waals surface area (Å²) in [5, 5.41) is 7.36. The number of fused-ring (bicyclic) bond motifs is 2. The summed E-state index contributed by atoms with van der Waals surface area (Å²) in [5.74, 6) is 2.02. The summed E-state index contributed by atoms with van der Waals surface area (Å²) in [6, 6.07) is 1.68. The van der Waals surface area contributed by atoms with Crippen LogP contribution in [0.3, 0.4) is 0 Å². The molecule has 2 aliphatic carbocycles. The highest BCUT2D eigenvalue weighted by Gasteiger charge is 2.34. The van der Waals surface area contributed by atoms with Crippen molar-refractivity contribution < 1.29 is 0 Å². The van der Waals surface area contributed by atoms with Gasteiger partial charge in [-0.05, 0) is 57.0 Å². The predicted octanol–water partition coefficient (Wildman–Crippen LogP) is 1.13. The second kappa shape index (κ2) is 3.25. The Kier molecular flexibility index (Phi) is 2.06. The molecular weight excluding hydrogens is 160 g/mol. The average molecular weight is 180 g/mol. The summed E-state index contributed by atoms with van der Waals surface area (Å²) in [5.41, 5.74) is 0. The lowest BCUT2D eigenvalue weighted by Gasteiger charge is -2.27. The van der Waals surface area contributed by atoms with Crippen LogP contribution in [0.5, 0.6) is 0 Å². The van der Waals surface area contributed by atoms with E-state index in [0.717, 1.165) is 23.9 Å². The molecule has 3 atom stereocenters. The Morgan fingerprint density at radius 3 is 2.85 bits per heavy atom. The molecule has 2 bridgehead atoms. The quantitative estimate of drug-likeness (QED) is 0.680. The fraction of sp³-hybridized carbons (Fsp3) is 1.00. The zero-order valence-corrected chi connectivity index (χ0v) is 8.26. The summed E-state index contributed by atoms with van der Waals surface area (Å²) >= 11 is 0. The molecule has 0 radical (unpaired) electrons. The molecule has 2 saturated carbocycles. The minimum absolute atomic E-state index is 0.833. The van der Waals surface area contributed by atoms with E-state index < -0.39 is 0 Å². The van der Waals surface area contributed by atoms with Gasteiger partial charge in [-0.15, -0.1) is 0 Å². The van der Waals surface area contributed by atoms with E-state index in [-0.39, 0.29) is 0 Å². The second-order valence-electron chi connectivity index (χ2n) is 5.23. The number of hydrogen-bond acceptors (Lipinski definition) is 2. The highest BCUT2D eigenvalue weighted by Crippen LogP contribution is 2.31. The normalized spacial score (nSPS) is 43.8. The van der Waals surface area contributed by atoms with Crippen molar-refractivity contribution in [2.75, 3.05) is 13.1 Å². The van der Waals surface area contributed by atoms with E-state index in [2.05, 4.69) is 10.6 Å². The smallest absolute Gasteiger partial charge is 0.00851 e. The van der Waals surface area contributed by atoms with Crippen LogP contribution in [0.15, 0.2) is 0 Å². The van der Waals surface area contributed by atoms with Gasteiger partial charge in [0.25, 0.3) is 0 Å². The largest absolute Gasteiger partial charge is 0.314 e. The van der Waals surface area contributed by atoms with E-state index >= 15 is 0 Å². The fourth-order valence-electron chi connectivity index (χ4n) is 2.93. The van der Waals surface area contributed by atoms with Crippen LogP contribution in [0.2, 0.25) is 0 Å². The molecule has 0 spiro atoms. The molecule has 3 unspecified atom stereocenters. The molecule has 1 heterocycles. The standard InChI is InChI=1S/C11H20N2/c1-2-8(1)6-12-10-3-9-4-11(5-10)13-7-9/h8-13H,1-7H2. The van der Waals surface area contributed by atoms with Gasteiger partial charge < -0.3 is 10.6 Å². The highest BCUT2D eigenvalue weighted by molar-refractivity contribution is 4.93. The summed E-state index contributed by atoms with van der Waals surface area (Å²) in [6.07, 6.45) is 7.21. The van der Waals surface area contributed by atoms with Crippen molar-refractivity contribution in [3.8, 4) is 0 Å². The third-order valence-electron chi connectivity index (χ3n) is 3.89. The summed E-state index contributed by atoms with van der Waals surface area (Å²) in [4.78, 5) is 0. The maximum Gasteiger partial charge on any atom is 0.00851 e. The van der Waals surface area contributed by atoms with Crippen molar-refractivity contribution in [1.82, 2.24) is 10.6 Å². The Morgan fingerprint density at radius 1 is 1.15 bits per heavy atom. The van der Waals surface area contributed by atoms with Crippen LogP contribution >= 0.6 is 0 Å². The monoisotopic (exact) mass is 180 g/mol. The molecule has 13 heavy (non-hydrogen) atoms. The Hall–Kier alpha value is -0.0800. The molecule has 3 rings (SSSR count). The third kappa shape index (κ3) is 1.89. The maximum atomic E-state index is 3.74. The molecular formula is C11H20N2. The van der Waals surface area contributed by atoms with Crippen LogP contribution in [0.25, 0.3) is 0 Å². The van der Waals surface area contributed by atoms with E-state index in [1.807, 2.05) is 0 Å². The zero-order chi connectivity index (χ0) is 8.67. The van der Waals surface area contributed by atoms with Gasteiger partial charge >= 0.3 is 0 Å². The van der Waals surface area contributed by atoms with Gasteiger partial charge in [-0.1, -0.05) is 0 Å². The molecule has 1 saturated heterocycles. The van der Waals surface area contributed by atoms with E-state index in [1.54, 1.807) is 0 Å². The number of hydrogen-bond donors (Lipinski definition) is 2. The second-order valence-corrected chi connectivity index (χ2v) is 5.23. The molecule has 1 aliphatic heterocycles. The van der Waals surface area contributed by atoms with Gasteiger partial charge in [0.15, 0.2) is 0 Å². The van der Waals surface area contributed by atoms with E-state index in [0.29, 0.717) is 0 Å². The summed E-state index contributed by atoms with van der Waals surface area (Å²) < 4.78 is 0. The number of nitrogens with one attached hydrogen (secondary N) is 2. The van der Waals surface area contributed by atoms with Crippen LogP contribution in [0, 0.1) is 11.8 Å². The van der Waals surface area contributed by atoms with Crippen LogP contribution in [-0.2, 0) is 0 Å². The third-order valence-corrected chi connectivity index (χ3v) is 3.89. The highest BCUT2D eigenvalue weighted by atomic mass is 15.0. The molecule has 2 heteroatoms. The Labute approximate surface area is 80.5 Å². The van der Waals surface area contributed by atoms with E-state index in [4.69, 9.17) is 0 Å². The molecule has 74 valence electrons. The zero-order valence-electron chi connectivity index (χ0n) is 8.26. The first-order chi connectivity index (χ1) is 6.40. The van der Waals surface area contributed by atoms with Crippen LogP contribution < -0.4 is 10.6 Å². The molecule has 3 fully saturated rings. The first-order valence-corrected chi connectivity index (χ1v) is 5.87. The van der Waals surface area contributed by atoms with E-state index in [1.165, 1.54) is 45.2 Å². The summed E-state index contributed by atoms with van der Waals surface area (Å²) in [7, 11) is 0. The van der Waals surface area contributed by atoms with Gasteiger partial charge in [0, 0.05) is 12.1 Å². The van der Waals surface area contributed by atoms with Crippen molar-refractivity contribution >= 4 is 0 Å². The summed E-state index contributed by atoms with van der Waals surface area (Å²) in [6.45, 7) is 2.58. The van der Waals surface area contributed by atoms with Gasteiger partial charge in [0.1, 0.15) is 0 Å². The van der Waals surface area contributed by atoms with Gasteiger partial charge in [-0.25, -0.2) is 0 Å². The minimum atomic E-state index is 0.833. The lowest BCUT2D eigenvalue weighted by molar-refractivity contribution is 0.314.